The van der Waals surface area contributed by atoms with Gasteiger partial charge in [0.1, 0.15) is 23.0 Å². The molecule has 2 bridgehead atoms. The number of carbonyl (C=O) groups excluding carboxylic acids is 1. The number of likely N-dealkylation sites (tertiary alicyclic amines) is 1. The molecule has 2 aliphatic carbocycles. The minimum atomic E-state index is -0.182. The number of benzene rings is 1. The second-order valence-electron chi connectivity index (χ2n) is 11.5. The maximum absolute atomic E-state index is 13.8. The van der Waals surface area contributed by atoms with E-state index in [2.05, 4.69) is 27.1 Å². The molecule has 1 saturated heterocycles. The largest absolute Gasteiger partial charge is 0.494 e. The summed E-state index contributed by atoms with van der Waals surface area (Å²) in [6.07, 6.45) is 6.17. The molecule has 3 aliphatic rings. The third kappa shape index (κ3) is 3.89. The van der Waals surface area contributed by atoms with Gasteiger partial charge in [-0.05, 0) is 80.8 Å². The maximum atomic E-state index is 13.8. The van der Waals surface area contributed by atoms with E-state index in [1.807, 2.05) is 47.4 Å². The van der Waals surface area contributed by atoms with E-state index in [1.54, 1.807) is 13.3 Å². The molecule has 0 radical (unpaired) electrons. The molecule has 9 heteroatoms. The van der Waals surface area contributed by atoms with E-state index in [0.29, 0.717) is 40.9 Å². The summed E-state index contributed by atoms with van der Waals surface area (Å²) < 4.78 is 10.2. The molecule has 4 heterocycles. The zero-order chi connectivity index (χ0) is 27.5. The van der Waals surface area contributed by atoms with E-state index in [-0.39, 0.29) is 24.0 Å². The van der Waals surface area contributed by atoms with Gasteiger partial charge in [-0.15, -0.1) is 0 Å². The van der Waals surface area contributed by atoms with Crippen LogP contribution < -0.4 is 10.5 Å². The Morgan fingerprint density at radius 3 is 2.70 bits per heavy atom. The molecule has 40 heavy (non-hydrogen) atoms. The number of amides is 1. The van der Waals surface area contributed by atoms with Gasteiger partial charge < -0.3 is 24.5 Å². The normalized spacial score (nSPS) is 22.6. The summed E-state index contributed by atoms with van der Waals surface area (Å²) in [6, 6.07) is 15.7. The first-order chi connectivity index (χ1) is 19.5. The van der Waals surface area contributed by atoms with E-state index >= 15 is 0 Å². The minimum Gasteiger partial charge on any atom is -0.494 e. The lowest BCUT2D eigenvalue weighted by molar-refractivity contribution is 0.0700. The number of aromatic nitrogens is 4. The third-order valence-electron chi connectivity index (χ3n) is 9.10. The lowest BCUT2D eigenvalue weighted by Gasteiger charge is -2.27. The van der Waals surface area contributed by atoms with E-state index in [4.69, 9.17) is 15.5 Å². The highest BCUT2D eigenvalue weighted by Crippen LogP contribution is 2.41. The number of nitrogens with two attached hydrogens (primary N) is 1. The van der Waals surface area contributed by atoms with Gasteiger partial charge in [0.2, 0.25) is 0 Å². The first-order valence-corrected chi connectivity index (χ1v) is 14.2. The Kier molecular flexibility index (Phi) is 5.90. The zero-order valence-electron chi connectivity index (χ0n) is 22.8. The molecule has 0 unspecified atom stereocenters. The predicted octanol–water partition coefficient (Wildman–Crippen LogP) is 4.36. The molecule has 1 aromatic carbocycles. The third-order valence-corrected chi connectivity index (χ3v) is 9.10. The quantitative estimate of drug-likeness (QED) is 0.376. The highest BCUT2D eigenvalue weighted by Gasteiger charge is 2.47. The second kappa shape index (κ2) is 9.49. The fourth-order valence-electron chi connectivity index (χ4n) is 6.75. The lowest BCUT2D eigenvalue weighted by Crippen LogP contribution is -2.41. The van der Waals surface area contributed by atoms with Crippen LogP contribution >= 0.6 is 0 Å². The van der Waals surface area contributed by atoms with Crippen LogP contribution in [0.1, 0.15) is 60.4 Å². The van der Waals surface area contributed by atoms with E-state index in [0.717, 1.165) is 42.1 Å². The summed E-state index contributed by atoms with van der Waals surface area (Å²) in [6.45, 7) is 3.57. The van der Waals surface area contributed by atoms with Gasteiger partial charge in [0.15, 0.2) is 5.82 Å². The van der Waals surface area contributed by atoms with Crippen LogP contribution in [0.2, 0.25) is 0 Å². The number of nitrogens with zero attached hydrogens (tertiary/aromatic N) is 6. The number of hydrogen-bond acceptors (Lipinski definition) is 6. The molecule has 9 nitrogen and oxygen atoms in total. The van der Waals surface area contributed by atoms with Crippen LogP contribution in [0.5, 0.6) is 5.75 Å². The van der Waals surface area contributed by atoms with Crippen molar-refractivity contribution >= 4 is 16.9 Å². The van der Waals surface area contributed by atoms with Crippen molar-refractivity contribution < 1.29 is 9.53 Å². The second-order valence-corrected chi connectivity index (χ2v) is 11.5. The van der Waals surface area contributed by atoms with Crippen LogP contribution in [-0.2, 0) is 6.54 Å². The number of ether oxygens (including phenoxy) is 1. The number of imidazole rings is 1. The molecule has 1 amide bonds. The Labute approximate surface area is 233 Å². The maximum Gasteiger partial charge on any atom is 0.254 e. The van der Waals surface area contributed by atoms with Gasteiger partial charge in [-0.2, -0.15) is 5.26 Å². The first kappa shape index (κ1) is 24.9. The van der Waals surface area contributed by atoms with Crippen molar-refractivity contribution in [3.05, 3.63) is 65.6 Å². The molecule has 3 fully saturated rings. The van der Waals surface area contributed by atoms with Crippen molar-refractivity contribution in [2.75, 3.05) is 13.7 Å². The van der Waals surface area contributed by atoms with Gasteiger partial charge in [-0.25, -0.2) is 4.98 Å². The molecule has 3 aromatic heterocycles. The number of hydrogen-bond donors (Lipinski definition) is 1. The molecule has 2 N–H and O–H groups in total. The molecule has 7 rings (SSSR count). The predicted molar refractivity (Wildman–Crippen MR) is 151 cm³/mol. The Morgan fingerprint density at radius 2 is 2.05 bits per heavy atom. The number of carbonyl (C=O) groups is 1. The van der Waals surface area contributed by atoms with Crippen LogP contribution in [0.4, 0.5) is 0 Å². The molecule has 204 valence electrons. The molecule has 0 spiro atoms. The number of fused-ring (bicyclic) bond motifs is 3. The Balaban J connectivity index is 1.41. The van der Waals surface area contributed by atoms with Gasteiger partial charge in [-0.3, -0.25) is 9.78 Å². The summed E-state index contributed by atoms with van der Waals surface area (Å²) in [5.41, 5.74) is 10.8. The van der Waals surface area contributed by atoms with Crippen molar-refractivity contribution in [3.63, 3.8) is 0 Å². The van der Waals surface area contributed by atoms with Crippen LogP contribution in [0.15, 0.2) is 48.7 Å². The minimum absolute atomic E-state index is 0.0272. The summed E-state index contributed by atoms with van der Waals surface area (Å²) >= 11 is 0. The lowest BCUT2D eigenvalue weighted by atomic mass is 10.1. The Bertz CT molecular complexity index is 1650. The number of rotatable bonds is 7. The van der Waals surface area contributed by atoms with Crippen molar-refractivity contribution in [1.82, 2.24) is 24.0 Å². The molecule has 4 atom stereocenters. The van der Waals surface area contributed by atoms with E-state index in [9.17, 15) is 10.1 Å². The molecule has 1 aliphatic heterocycles. The van der Waals surface area contributed by atoms with Gasteiger partial charge >= 0.3 is 0 Å². The van der Waals surface area contributed by atoms with Crippen molar-refractivity contribution in [2.24, 2.45) is 17.6 Å². The van der Waals surface area contributed by atoms with E-state index < -0.39 is 0 Å². The SMILES string of the molecule is COc1cc(C(=O)N2C[C@H]3CC[C@@H]2[C@@H]3N)cc2nc(-c3ccc(C#N)n3CC3CC3)n([C@@H](C)c3ccccn3)c12. The highest BCUT2D eigenvalue weighted by atomic mass is 16.5. The van der Waals surface area contributed by atoms with Crippen molar-refractivity contribution in [3.8, 4) is 23.3 Å². The summed E-state index contributed by atoms with van der Waals surface area (Å²) in [7, 11) is 1.63. The smallest absolute Gasteiger partial charge is 0.254 e. The zero-order valence-corrected chi connectivity index (χ0v) is 22.8. The van der Waals surface area contributed by atoms with Crippen LogP contribution in [0.25, 0.3) is 22.6 Å². The standard InChI is InChI=1S/C31H33N7O2/c1-18(23-5-3-4-12-34-23)38-29-24(35-30(38)26-11-9-22(15-32)36(26)16-19-6-7-19)13-21(14-27(29)40-2)31(39)37-17-20-8-10-25(37)28(20)33/h3-5,9,11-14,18-20,25,28H,6-8,10,16-17,33H2,1-2H3/t18-,20+,25+,28+/m0/s1. The van der Waals surface area contributed by atoms with Crippen LogP contribution in [-0.4, -0.2) is 55.6 Å². The summed E-state index contributed by atoms with van der Waals surface area (Å²) in [4.78, 5) is 25.5. The van der Waals surface area contributed by atoms with Crippen LogP contribution in [0, 0.1) is 23.2 Å². The highest BCUT2D eigenvalue weighted by molar-refractivity contribution is 6.00. The van der Waals surface area contributed by atoms with Gasteiger partial charge in [0.25, 0.3) is 5.91 Å². The van der Waals surface area contributed by atoms with E-state index in [1.165, 1.54) is 12.8 Å². The first-order valence-electron chi connectivity index (χ1n) is 14.2. The topological polar surface area (TPSA) is 115 Å². The molecular formula is C31H33N7O2. The van der Waals surface area contributed by atoms with Gasteiger partial charge in [-0.1, -0.05) is 6.07 Å². The number of pyridine rings is 1. The fourth-order valence-corrected chi connectivity index (χ4v) is 6.75. The van der Waals surface area contributed by atoms with Crippen molar-refractivity contribution in [2.45, 2.75) is 57.3 Å². The average Bonchev–Trinajstić information content (AvgIpc) is 3.29. The molecule has 2 saturated carbocycles. The number of methoxy groups -OCH3 is 1. The summed E-state index contributed by atoms with van der Waals surface area (Å²) in [5.74, 6) is 2.22. The van der Waals surface area contributed by atoms with Crippen LogP contribution in [0.3, 0.4) is 0 Å². The molecule has 4 aromatic rings. The number of piperidine rings is 1. The fraction of sp³-hybridized carbons (Fsp3) is 0.419. The molecular weight excluding hydrogens is 502 g/mol. The van der Waals surface area contributed by atoms with Gasteiger partial charge in [0.05, 0.1) is 30.1 Å². The number of nitriles is 1. The Hall–Kier alpha value is -4.16. The summed E-state index contributed by atoms with van der Waals surface area (Å²) in [5, 5.41) is 9.88. The van der Waals surface area contributed by atoms with Crippen molar-refractivity contribution in [1.29, 1.82) is 5.26 Å². The van der Waals surface area contributed by atoms with Gasteiger partial charge in [0, 0.05) is 36.9 Å². The monoisotopic (exact) mass is 535 g/mol. The average molecular weight is 536 g/mol. The Morgan fingerprint density at radius 1 is 1.20 bits per heavy atom.